The number of rotatable bonds is 7. The second-order valence-corrected chi connectivity index (χ2v) is 8.32. The van der Waals surface area contributed by atoms with Crippen LogP contribution in [0.4, 0.5) is 0 Å². The van der Waals surface area contributed by atoms with Crippen molar-refractivity contribution < 1.29 is 19.1 Å². The largest absolute Gasteiger partial charge is 0.488 e. The van der Waals surface area contributed by atoms with E-state index < -0.39 is 5.97 Å². The highest BCUT2D eigenvalue weighted by Gasteiger charge is 2.16. The van der Waals surface area contributed by atoms with Crippen molar-refractivity contribution in [2.45, 2.75) is 11.8 Å². The molecule has 1 N–H and O–H groups in total. The normalized spacial score (nSPS) is 11.7. The molecular weight excluding hydrogens is 434 g/mol. The van der Waals surface area contributed by atoms with Crippen molar-refractivity contribution >= 4 is 45.7 Å². The second kappa shape index (κ2) is 9.22. The van der Waals surface area contributed by atoms with Gasteiger partial charge in [0, 0.05) is 5.56 Å². The van der Waals surface area contributed by atoms with Gasteiger partial charge < -0.3 is 14.3 Å². The maximum absolute atomic E-state index is 12.0. The van der Waals surface area contributed by atoms with Gasteiger partial charge in [0.15, 0.2) is 5.58 Å². The number of nitrogens with zero attached hydrogens (tertiary/aromatic N) is 1. The van der Waals surface area contributed by atoms with Crippen LogP contribution >= 0.6 is 11.8 Å². The van der Waals surface area contributed by atoms with Crippen LogP contribution in [-0.4, -0.2) is 16.1 Å². The van der Waals surface area contributed by atoms with E-state index in [2.05, 4.69) is 23.2 Å². The summed E-state index contributed by atoms with van der Waals surface area (Å²) in [6.07, 6.45) is 1.58. The number of benzene rings is 4. The van der Waals surface area contributed by atoms with E-state index in [-0.39, 0.29) is 10.1 Å². The van der Waals surface area contributed by atoms with Crippen molar-refractivity contribution in [2.75, 3.05) is 0 Å². The van der Waals surface area contributed by atoms with Gasteiger partial charge in [-0.15, -0.1) is 0 Å². The molecule has 0 saturated heterocycles. The third-order valence-electron chi connectivity index (χ3n) is 5.15. The zero-order chi connectivity index (χ0) is 22.6. The maximum Gasteiger partial charge on any atom is 0.342 e. The number of carbonyl (C=O) groups is 1. The standard InChI is InChI=1S/C27H19NO4S/c29-26(30)25(33-27-28-22-13-4-6-15-24(22)32-27)16-19-9-2-5-14-23(19)31-17-20-11-7-10-18-8-1-3-12-21(18)20/h1-16H,17H2,(H,29,30)/b25-16-. The minimum Gasteiger partial charge on any atom is -0.488 e. The molecule has 0 atom stereocenters. The van der Waals surface area contributed by atoms with Gasteiger partial charge in [0.2, 0.25) is 0 Å². The molecule has 5 nitrogen and oxygen atoms in total. The highest BCUT2D eigenvalue weighted by Crippen LogP contribution is 2.32. The summed E-state index contributed by atoms with van der Waals surface area (Å²) in [4.78, 5) is 16.4. The summed E-state index contributed by atoms with van der Waals surface area (Å²) < 4.78 is 11.8. The summed E-state index contributed by atoms with van der Waals surface area (Å²) in [6, 6.07) is 29.0. The minimum absolute atomic E-state index is 0.0859. The van der Waals surface area contributed by atoms with E-state index in [1.165, 1.54) is 0 Å². The van der Waals surface area contributed by atoms with Crippen LogP contribution in [0, 0.1) is 0 Å². The van der Waals surface area contributed by atoms with E-state index in [1.807, 2.05) is 66.7 Å². The van der Waals surface area contributed by atoms with Crippen LogP contribution in [0.25, 0.3) is 27.9 Å². The van der Waals surface area contributed by atoms with E-state index in [9.17, 15) is 9.90 Å². The SMILES string of the molecule is O=C(O)/C(=C/c1ccccc1OCc1cccc2ccccc12)Sc1nc2ccccc2o1. The number of ether oxygens (including phenoxy) is 1. The van der Waals surface area contributed by atoms with Gasteiger partial charge in [-0.25, -0.2) is 9.78 Å². The molecule has 0 saturated carbocycles. The number of oxazole rings is 1. The quantitative estimate of drug-likeness (QED) is 0.216. The number of carboxylic acids is 1. The van der Waals surface area contributed by atoms with Crippen LogP contribution in [0.2, 0.25) is 0 Å². The summed E-state index contributed by atoms with van der Waals surface area (Å²) in [5.74, 6) is -0.464. The predicted octanol–water partition coefficient (Wildman–Crippen LogP) is 6.78. The number of para-hydroxylation sites is 3. The zero-order valence-corrected chi connectivity index (χ0v) is 18.3. The third-order valence-corrected chi connectivity index (χ3v) is 6.01. The van der Waals surface area contributed by atoms with Crippen molar-refractivity contribution in [3.05, 3.63) is 107 Å². The Morgan fingerprint density at radius 1 is 0.939 bits per heavy atom. The van der Waals surface area contributed by atoms with Gasteiger partial charge in [-0.1, -0.05) is 72.8 Å². The third kappa shape index (κ3) is 4.61. The molecule has 0 radical (unpaired) electrons. The first-order valence-corrected chi connectivity index (χ1v) is 11.2. The second-order valence-electron chi connectivity index (χ2n) is 7.33. The Morgan fingerprint density at radius 3 is 2.58 bits per heavy atom. The molecule has 33 heavy (non-hydrogen) atoms. The van der Waals surface area contributed by atoms with Gasteiger partial charge >= 0.3 is 5.97 Å². The number of hydrogen-bond donors (Lipinski definition) is 1. The lowest BCUT2D eigenvalue weighted by Crippen LogP contribution is -2.00. The molecule has 0 amide bonds. The lowest BCUT2D eigenvalue weighted by Gasteiger charge is -2.12. The number of thioether (sulfide) groups is 1. The fourth-order valence-electron chi connectivity index (χ4n) is 3.57. The Hall–Kier alpha value is -4.03. The minimum atomic E-state index is -1.06. The Bertz CT molecular complexity index is 1450. The smallest absolute Gasteiger partial charge is 0.342 e. The Balaban J connectivity index is 1.42. The van der Waals surface area contributed by atoms with Crippen molar-refractivity contribution in [3.8, 4) is 5.75 Å². The molecule has 1 aromatic heterocycles. The lowest BCUT2D eigenvalue weighted by molar-refractivity contribution is -0.131. The van der Waals surface area contributed by atoms with Crippen LogP contribution in [0.5, 0.6) is 5.75 Å². The Morgan fingerprint density at radius 2 is 1.70 bits per heavy atom. The van der Waals surface area contributed by atoms with Crippen LogP contribution in [0.3, 0.4) is 0 Å². The summed E-state index contributed by atoms with van der Waals surface area (Å²) in [5, 5.41) is 12.3. The van der Waals surface area contributed by atoms with E-state index in [0.29, 0.717) is 29.0 Å². The van der Waals surface area contributed by atoms with E-state index in [4.69, 9.17) is 9.15 Å². The molecule has 0 aliphatic heterocycles. The first-order chi connectivity index (χ1) is 16.2. The van der Waals surface area contributed by atoms with E-state index in [1.54, 1.807) is 12.1 Å². The predicted molar refractivity (Wildman–Crippen MR) is 130 cm³/mol. The number of aromatic nitrogens is 1. The van der Waals surface area contributed by atoms with Gasteiger partial charge in [-0.05, 0) is 52.4 Å². The molecule has 6 heteroatoms. The number of aliphatic carboxylic acids is 1. The summed E-state index contributed by atoms with van der Waals surface area (Å²) in [7, 11) is 0. The van der Waals surface area contributed by atoms with Gasteiger partial charge in [0.05, 0.1) is 0 Å². The average Bonchev–Trinajstić information content (AvgIpc) is 3.25. The zero-order valence-electron chi connectivity index (χ0n) is 17.5. The van der Waals surface area contributed by atoms with Gasteiger partial charge in [0.25, 0.3) is 5.22 Å². The van der Waals surface area contributed by atoms with E-state index >= 15 is 0 Å². The highest BCUT2D eigenvalue weighted by atomic mass is 32.2. The molecule has 0 fully saturated rings. The van der Waals surface area contributed by atoms with Crippen molar-refractivity contribution in [2.24, 2.45) is 0 Å². The Kier molecular flexibility index (Phi) is 5.83. The van der Waals surface area contributed by atoms with Crippen molar-refractivity contribution in [1.82, 2.24) is 4.98 Å². The molecule has 0 spiro atoms. The van der Waals surface area contributed by atoms with Crippen molar-refractivity contribution in [1.29, 1.82) is 0 Å². The van der Waals surface area contributed by atoms with Crippen LogP contribution in [0.1, 0.15) is 11.1 Å². The monoisotopic (exact) mass is 453 g/mol. The molecule has 5 rings (SSSR count). The van der Waals surface area contributed by atoms with Crippen LogP contribution in [-0.2, 0) is 11.4 Å². The molecule has 5 aromatic rings. The molecule has 0 unspecified atom stereocenters. The molecular formula is C27H19NO4S. The topological polar surface area (TPSA) is 72.6 Å². The number of hydrogen-bond acceptors (Lipinski definition) is 5. The van der Waals surface area contributed by atoms with Crippen molar-refractivity contribution in [3.63, 3.8) is 0 Å². The van der Waals surface area contributed by atoms with Gasteiger partial charge in [-0.3, -0.25) is 0 Å². The van der Waals surface area contributed by atoms with Gasteiger partial charge in [0.1, 0.15) is 22.8 Å². The summed E-state index contributed by atoms with van der Waals surface area (Å²) in [5.41, 5.74) is 3.03. The summed E-state index contributed by atoms with van der Waals surface area (Å²) >= 11 is 0.971. The average molecular weight is 454 g/mol. The lowest BCUT2D eigenvalue weighted by atomic mass is 10.1. The first kappa shape index (κ1) is 20.8. The molecule has 0 aliphatic rings. The van der Waals surface area contributed by atoms with E-state index in [0.717, 1.165) is 28.1 Å². The van der Waals surface area contributed by atoms with Crippen LogP contribution in [0.15, 0.2) is 106 Å². The van der Waals surface area contributed by atoms with Crippen LogP contribution < -0.4 is 4.74 Å². The maximum atomic E-state index is 12.0. The summed E-state index contributed by atoms with van der Waals surface area (Å²) in [6.45, 7) is 0.368. The number of fused-ring (bicyclic) bond motifs is 2. The highest BCUT2D eigenvalue weighted by molar-refractivity contribution is 8.03. The Labute approximate surface area is 194 Å². The molecule has 4 aromatic carbocycles. The number of carboxylic acid groups (broad SMARTS) is 1. The molecule has 162 valence electrons. The molecule has 0 bridgehead atoms. The first-order valence-electron chi connectivity index (χ1n) is 10.3. The fourth-order valence-corrected chi connectivity index (χ4v) is 4.31. The molecule has 0 aliphatic carbocycles. The van der Waals surface area contributed by atoms with Gasteiger partial charge in [-0.2, -0.15) is 0 Å². The molecule has 1 heterocycles. The fraction of sp³-hybridized carbons (Fsp3) is 0.0370.